The van der Waals surface area contributed by atoms with E-state index in [0.717, 1.165) is 5.56 Å². The second-order valence-electron chi connectivity index (χ2n) is 4.58. The average Bonchev–Trinajstić information content (AvgIpc) is 2.73. The Kier molecular flexibility index (Phi) is 6.07. The Hall–Kier alpha value is -0.154. The Labute approximate surface area is 169 Å². The van der Waals surface area contributed by atoms with Crippen molar-refractivity contribution in [2.75, 3.05) is 6.61 Å². The number of nitrogens with zero attached hydrogens (tertiary/aromatic N) is 1. The predicted octanol–water partition coefficient (Wildman–Crippen LogP) is -2.53. The van der Waals surface area contributed by atoms with E-state index in [9.17, 15) is 14.7 Å². The topological polar surface area (TPSA) is 69.7 Å². The first kappa shape index (κ1) is 17.2. The summed E-state index contributed by atoms with van der Waals surface area (Å²) in [6, 6.07) is 9.63. The summed E-state index contributed by atoms with van der Waals surface area (Å²) in [6.07, 6.45) is 0.379. The quantitative estimate of drug-likeness (QED) is 0.440. The molecule has 1 fully saturated rings. The molecule has 7 heteroatoms. The fourth-order valence-corrected chi connectivity index (χ4v) is 3.58. The van der Waals surface area contributed by atoms with Crippen LogP contribution in [-0.2, 0) is 20.9 Å². The standard InChI is InChI=1S/C14H13NO4S.K/c16-11-6-12-15(11)13(14(17)18)10(20-12)8-19-7-9-4-2-1-3-5-9;/h1-5,12H,6-8H2,(H,17,18);/q;+1/p-1/t12-;/m1./s1. The molecule has 0 aliphatic carbocycles. The van der Waals surface area contributed by atoms with E-state index >= 15 is 0 Å². The largest absolute Gasteiger partial charge is 1.00 e. The van der Waals surface area contributed by atoms with Crippen LogP contribution in [0.5, 0.6) is 0 Å². The zero-order chi connectivity index (χ0) is 14.1. The number of thioether (sulfide) groups is 1. The van der Waals surface area contributed by atoms with Gasteiger partial charge in [0.1, 0.15) is 0 Å². The minimum absolute atomic E-state index is 0. The number of amides is 1. The Morgan fingerprint density at radius 1 is 1.33 bits per heavy atom. The first-order chi connectivity index (χ1) is 9.66. The number of carboxylic acid groups (broad SMARTS) is 1. The Bertz CT molecular complexity index is 590. The predicted molar refractivity (Wildman–Crippen MR) is 71.0 cm³/mol. The van der Waals surface area contributed by atoms with Crippen LogP contribution in [0, 0.1) is 0 Å². The van der Waals surface area contributed by atoms with Gasteiger partial charge in [0.05, 0.1) is 36.7 Å². The summed E-state index contributed by atoms with van der Waals surface area (Å²) in [5.74, 6) is -1.48. The van der Waals surface area contributed by atoms with Crippen LogP contribution in [-0.4, -0.2) is 28.8 Å². The van der Waals surface area contributed by atoms with Crippen molar-refractivity contribution in [3.8, 4) is 0 Å². The van der Waals surface area contributed by atoms with Gasteiger partial charge in [0, 0.05) is 4.91 Å². The zero-order valence-electron chi connectivity index (χ0n) is 11.6. The monoisotopic (exact) mass is 329 g/mol. The molecule has 1 saturated heterocycles. The second-order valence-corrected chi connectivity index (χ2v) is 5.85. The molecule has 104 valence electrons. The number of benzene rings is 1. The van der Waals surface area contributed by atoms with Crippen molar-refractivity contribution < 1.29 is 70.8 Å². The normalized spacial score (nSPS) is 19.9. The van der Waals surface area contributed by atoms with E-state index in [1.165, 1.54) is 16.7 Å². The number of fused-ring (bicyclic) bond motifs is 1. The molecule has 2 heterocycles. The molecule has 1 aromatic rings. The molecule has 0 radical (unpaired) electrons. The number of carbonyl (C=O) groups excluding carboxylic acids is 2. The van der Waals surface area contributed by atoms with Gasteiger partial charge in [-0.05, 0) is 5.56 Å². The van der Waals surface area contributed by atoms with Gasteiger partial charge in [0.2, 0.25) is 5.91 Å². The zero-order valence-corrected chi connectivity index (χ0v) is 15.5. The molecule has 0 unspecified atom stereocenters. The summed E-state index contributed by atoms with van der Waals surface area (Å²) < 4.78 is 5.54. The van der Waals surface area contributed by atoms with Crippen LogP contribution >= 0.6 is 11.8 Å². The van der Waals surface area contributed by atoms with Crippen LogP contribution in [0.4, 0.5) is 0 Å². The second kappa shape index (κ2) is 7.41. The third-order valence-corrected chi connectivity index (χ3v) is 4.47. The van der Waals surface area contributed by atoms with Crippen molar-refractivity contribution in [2.24, 2.45) is 0 Å². The van der Waals surface area contributed by atoms with Gasteiger partial charge in [-0.3, -0.25) is 9.69 Å². The summed E-state index contributed by atoms with van der Waals surface area (Å²) in [7, 11) is 0. The van der Waals surface area contributed by atoms with Gasteiger partial charge in [-0.1, -0.05) is 42.1 Å². The minimum atomic E-state index is -1.31. The van der Waals surface area contributed by atoms with Gasteiger partial charge in [0.25, 0.3) is 0 Å². The molecule has 0 saturated carbocycles. The van der Waals surface area contributed by atoms with Crippen molar-refractivity contribution in [2.45, 2.75) is 18.4 Å². The van der Waals surface area contributed by atoms with Crippen LogP contribution in [0.3, 0.4) is 0 Å². The van der Waals surface area contributed by atoms with Crippen molar-refractivity contribution in [1.82, 2.24) is 4.90 Å². The molecule has 2 aliphatic rings. The molecule has 1 atom stereocenters. The third kappa shape index (κ3) is 3.61. The number of β-lactam (4-membered cyclic amide) rings is 1. The maximum absolute atomic E-state index is 11.4. The van der Waals surface area contributed by atoms with Crippen molar-refractivity contribution >= 4 is 23.6 Å². The number of ether oxygens (including phenoxy) is 1. The van der Waals surface area contributed by atoms with E-state index in [1.807, 2.05) is 30.3 Å². The van der Waals surface area contributed by atoms with E-state index in [0.29, 0.717) is 17.9 Å². The van der Waals surface area contributed by atoms with Crippen LogP contribution in [0.25, 0.3) is 0 Å². The minimum Gasteiger partial charge on any atom is -0.543 e. The van der Waals surface area contributed by atoms with Gasteiger partial charge in [-0.25, -0.2) is 0 Å². The molecule has 0 N–H and O–H groups in total. The summed E-state index contributed by atoms with van der Waals surface area (Å²) >= 11 is 1.37. The first-order valence-electron chi connectivity index (χ1n) is 6.21. The SMILES string of the molecule is O=C([O-])C1=C(COCc2ccccc2)S[C@@H]2CC(=O)N12.[K+]. The van der Waals surface area contributed by atoms with Gasteiger partial charge >= 0.3 is 51.4 Å². The summed E-state index contributed by atoms with van der Waals surface area (Å²) in [4.78, 5) is 24.4. The van der Waals surface area contributed by atoms with Gasteiger partial charge < -0.3 is 14.6 Å². The number of hydrogen-bond donors (Lipinski definition) is 0. The van der Waals surface area contributed by atoms with Crippen LogP contribution < -0.4 is 56.5 Å². The molecule has 21 heavy (non-hydrogen) atoms. The average molecular weight is 329 g/mol. The molecular weight excluding hydrogens is 317 g/mol. The molecule has 5 nitrogen and oxygen atoms in total. The van der Waals surface area contributed by atoms with E-state index < -0.39 is 5.97 Å². The van der Waals surface area contributed by atoms with Crippen molar-refractivity contribution in [3.05, 3.63) is 46.5 Å². The first-order valence-corrected chi connectivity index (χ1v) is 7.09. The van der Waals surface area contributed by atoms with Gasteiger partial charge in [0.15, 0.2) is 0 Å². The Balaban J connectivity index is 0.00000161. The van der Waals surface area contributed by atoms with Crippen LogP contribution in [0.15, 0.2) is 40.9 Å². The number of carbonyl (C=O) groups is 2. The maximum atomic E-state index is 11.4. The van der Waals surface area contributed by atoms with Gasteiger partial charge in [-0.2, -0.15) is 0 Å². The van der Waals surface area contributed by atoms with E-state index in [1.54, 1.807) is 0 Å². The van der Waals surface area contributed by atoms with E-state index in [4.69, 9.17) is 4.74 Å². The number of hydrogen-bond acceptors (Lipinski definition) is 5. The van der Waals surface area contributed by atoms with Crippen molar-refractivity contribution in [1.29, 1.82) is 0 Å². The molecule has 1 aromatic carbocycles. The number of carboxylic acids is 1. The molecule has 1 amide bonds. The van der Waals surface area contributed by atoms with Crippen LogP contribution in [0.1, 0.15) is 12.0 Å². The van der Waals surface area contributed by atoms with Crippen molar-refractivity contribution in [3.63, 3.8) is 0 Å². The molecule has 3 rings (SSSR count). The molecular formula is C14H12KNO4S. The fraction of sp³-hybridized carbons (Fsp3) is 0.286. The molecule has 0 bridgehead atoms. The van der Waals surface area contributed by atoms with Crippen LogP contribution in [0.2, 0.25) is 0 Å². The smallest absolute Gasteiger partial charge is 0.543 e. The van der Waals surface area contributed by atoms with E-state index in [2.05, 4.69) is 0 Å². The van der Waals surface area contributed by atoms with E-state index in [-0.39, 0.29) is 75.0 Å². The summed E-state index contributed by atoms with van der Waals surface area (Å²) in [5.41, 5.74) is 0.995. The van der Waals surface area contributed by atoms with Gasteiger partial charge in [-0.15, -0.1) is 0 Å². The molecule has 0 spiro atoms. The number of aliphatic carboxylic acids is 1. The summed E-state index contributed by atoms with van der Waals surface area (Å²) in [6.45, 7) is 0.590. The Morgan fingerprint density at radius 2 is 2.05 bits per heavy atom. The molecule has 0 aromatic heterocycles. The third-order valence-electron chi connectivity index (χ3n) is 3.23. The maximum Gasteiger partial charge on any atom is 1.00 e. The molecule has 2 aliphatic heterocycles. The Morgan fingerprint density at radius 3 is 2.67 bits per heavy atom. The summed E-state index contributed by atoms with van der Waals surface area (Å²) in [5, 5.41) is 11.1. The number of rotatable bonds is 5. The fourth-order valence-electron chi connectivity index (χ4n) is 2.25.